The first-order valence-corrected chi connectivity index (χ1v) is 10.9. The number of esters is 1. The predicted octanol–water partition coefficient (Wildman–Crippen LogP) is 5.34. The molecule has 0 aromatic carbocycles. The van der Waals surface area contributed by atoms with Crippen molar-refractivity contribution in [3.05, 3.63) is 35.8 Å². The van der Waals surface area contributed by atoms with Gasteiger partial charge in [0.2, 0.25) is 5.76 Å². The predicted molar refractivity (Wildman–Crippen MR) is 105 cm³/mol. The second-order valence-electron chi connectivity index (χ2n) is 9.92. The van der Waals surface area contributed by atoms with E-state index in [4.69, 9.17) is 9.15 Å². The maximum absolute atomic E-state index is 12.5. The Bertz CT molecular complexity index is 822. The van der Waals surface area contributed by atoms with Crippen LogP contribution in [0.2, 0.25) is 0 Å². The van der Waals surface area contributed by atoms with E-state index in [1.54, 1.807) is 12.1 Å². The Morgan fingerprint density at radius 1 is 1.14 bits per heavy atom. The van der Waals surface area contributed by atoms with E-state index in [1.807, 2.05) is 0 Å². The number of fused-ring (bicyclic) bond motifs is 5. The summed E-state index contributed by atoms with van der Waals surface area (Å²) < 4.78 is 10.9. The summed E-state index contributed by atoms with van der Waals surface area (Å²) in [7, 11) is 0. The number of hydrogen-bond acceptors (Lipinski definition) is 4. The van der Waals surface area contributed by atoms with Gasteiger partial charge in [0.1, 0.15) is 11.9 Å². The van der Waals surface area contributed by atoms with Gasteiger partial charge in [-0.2, -0.15) is 0 Å². The van der Waals surface area contributed by atoms with Gasteiger partial charge in [0.05, 0.1) is 6.26 Å². The van der Waals surface area contributed by atoms with Crippen LogP contribution in [-0.2, 0) is 9.53 Å². The van der Waals surface area contributed by atoms with E-state index in [2.05, 4.69) is 19.9 Å². The summed E-state index contributed by atoms with van der Waals surface area (Å²) in [5, 5.41) is 0. The Labute approximate surface area is 166 Å². The standard InChI is InChI=1S/C24H30O4/c1-23-11-9-16(28-22(26)20-4-3-13-27-20)14-15(23)5-6-17-18-7-8-21(25)24(18,2)12-10-19(17)23/h3-5,13,16-19H,6-12,14H2,1-2H3/t16-,17-,18-,19-,23-,24-/m0/s1. The minimum absolute atomic E-state index is 0.0598. The van der Waals surface area contributed by atoms with Crippen LogP contribution in [0.15, 0.2) is 34.5 Å². The van der Waals surface area contributed by atoms with Crippen LogP contribution < -0.4 is 0 Å². The molecule has 0 spiro atoms. The molecule has 4 aliphatic carbocycles. The van der Waals surface area contributed by atoms with Crippen molar-refractivity contribution in [1.82, 2.24) is 0 Å². The zero-order chi connectivity index (χ0) is 19.5. The molecule has 3 saturated carbocycles. The Morgan fingerprint density at radius 3 is 2.71 bits per heavy atom. The first-order valence-electron chi connectivity index (χ1n) is 10.9. The first-order chi connectivity index (χ1) is 13.4. The third kappa shape index (κ3) is 2.56. The van der Waals surface area contributed by atoms with E-state index in [1.165, 1.54) is 11.8 Å². The lowest BCUT2D eigenvalue weighted by Crippen LogP contribution is -2.50. The van der Waals surface area contributed by atoms with Crippen molar-refractivity contribution in [2.24, 2.45) is 28.6 Å². The van der Waals surface area contributed by atoms with Gasteiger partial charge in [-0.15, -0.1) is 0 Å². The lowest BCUT2D eigenvalue weighted by Gasteiger charge is -2.56. The van der Waals surface area contributed by atoms with Gasteiger partial charge >= 0.3 is 5.97 Å². The number of allylic oxidation sites excluding steroid dienone is 1. The van der Waals surface area contributed by atoms with E-state index < -0.39 is 0 Å². The van der Waals surface area contributed by atoms with Crippen molar-refractivity contribution in [1.29, 1.82) is 0 Å². The van der Waals surface area contributed by atoms with Gasteiger partial charge in [-0.05, 0) is 73.8 Å². The number of Topliss-reactive ketones (excluding diaryl/α,β-unsaturated/α-hetero) is 1. The highest BCUT2D eigenvalue weighted by Crippen LogP contribution is 2.64. The van der Waals surface area contributed by atoms with Gasteiger partial charge in [-0.25, -0.2) is 4.79 Å². The molecule has 1 aromatic rings. The first kappa shape index (κ1) is 18.2. The molecule has 4 heteroatoms. The molecule has 0 unspecified atom stereocenters. The second-order valence-corrected chi connectivity index (χ2v) is 9.92. The maximum Gasteiger partial charge on any atom is 0.374 e. The molecule has 0 amide bonds. The van der Waals surface area contributed by atoms with E-state index in [-0.39, 0.29) is 28.7 Å². The summed E-state index contributed by atoms with van der Waals surface area (Å²) in [6.07, 6.45) is 11.8. The number of rotatable bonds is 2. The summed E-state index contributed by atoms with van der Waals surface area (Å²) in [6, 6.07) is 3.37. The molecular formula is C24H30O4. The fraction of sp³-hybridized carbons (Fsp3) is 0.667. The fourth-order valence-corrected chi connectivity index (χ4v) is 7.10. The van der Waals surface area contributed by atoms with Crippen molar-refractivity contribution < 1.29 is 18.7 Å². The van der Waals surface area contributed by atoms with Crippen LogP contribution >= 0.6 is 0 Å². The zero-order valence-electron chi connectivity index (χ0n) is 16.9. The monoisotopic (exact) mass is 382 g/mol. The van der Waals surface area contributed by atoms with Crippen molar-refractivity contribution in [3.63, 3.8) is 0 Å². The third-order valence-electron chi connectivity index (χ3n) is 8.76. The van der Waals surface area contributed by atoms with Gasteiger partial charge in [-0.3, -0.25) is 4.79 Å². The third-order valence-corrected chi connectivity index (χ3v) is 8.76. The Hall–Kier alpha value is -1.84. The summed E-state index contributed by atoms with van der Waals surface area (Å²) in [5.41, 5.74) is 1.60. The number of ether oxygens (including phenoxy) is 1. The molecule has 28 heavy (non-hydrogen) atoms. The molecule has 4 aliphatic rings. The number of ketones is 1. The van der Waals surface area contributed by atoms with Gasteiger partial charge in [0.15, 0.2) is 0 Å². The van der Waals surface area contributed by atoms with E-state index in [9.17, 15) is 9.59 Å². The lowest BCUT2D eigenvalue weighted by atomic mass is 9.48. The van der Waals surface area contributed by atoms with E-state index >= 15 is 0 Å². The molecule has 0 saturated heterocycles. The fourth-order valence-electron chi connectivity index (χ4n) is 7.10. The minimum atomic E-state index is -0.356. The normalized spacial score (nSPS) is 42.2. The highest BCUT2D eigenvalue weighted by molar-refractivity contribution is 5.87. The molecule has 0 bridgehead atoms. The van der Waals surface area contributed by atoms with Crippen LogP contribution in [-0.4, -0.2) is 17.9 Å². The largest absolute Gasteiger partial charge is 0.457 e. The van der Waals surface area contributed by atoms with Crippen LogP contribution in [0.5, 0.6) is 0 Å². The second kappa shape index (κ2) is 6.33. The van der Waals surface area contributed by atoms with E-state index in [0.717, 1.165) is 51.4 Å². The van der Waals surface area contributed by atoms with Crippen LogP contribution in [0.25, 0.3) is 0 Å². The smallest absolute Gasteiger partial charge is 0.374 e. The molecule has 0 N–H and O–H groups in total. The lowest BCUT2D eigenvalue weighted by molar-refractivity contribution is -0.132. The quantitative estimate of drug-likeness (QED) is 0.512. The van der Waals surface area contributed by atoms with Crippen LogP contribution in [0.1, 0.15) is 75.8 Å². The average Bonchev–Trinajstić information content (AvgIpc) is 3.31. The molecule has 5 rings (SSSR count). The minimum Gasteiger partial charge on any atom is -0.457 e. The summed E-state index contributed by atoms with van der Waals surface area (Å²) in [6.45, 7) is 4.66. The zero-order valence-corrected chi connectivity index (χ0v) is 16.9. The molecule has 6 atom stereocenters. The molecule has 0 radical (unpaired) electrons. The molecular weight excluding hydrogens is 352 g/mol. The Kier molecular flexibility index (Phi) is 4.12. The average molecular weight is 383 g/mol. The van der Waals surface area contributed by atoms with Gasteiger partial charge in [0, 0.05) is 18.3 Å². The number of hydrogen-bond donors (Lipinski definition) is 0. The van der Waals surface area contributed by atoms with Crippen LogP contribution in [0.3, 0.4) is 0 Å². The highest BCUT2D eigenvalue weighted by atomic mass is 16.6. The molecule has 3 fully saturated rings. The summed E-state index contributed by atoms with van der Waals surface area (Å²) >= 11 is 0. The Morgan fingerprint density at radius 2 is 1.93 bits per heavy atom. The van der Waals surface area contributed by atoms with Crippen molar-refractivity contribution >= 4 is 11.8 Å². The van der Waals surface area contributed by atoms with Crippen molar-refractivity contribution in [2.45, 2.75) is 71.3 Å². The summed E-state index contributed by atoms with van der Waals surface area (Å²) in [4.78, 5) is 24.8. The molecule has 150 valence electrons. The van der Waals surface area contributed by atoms with E-state index in [0.29, 0.717) is 23.5 Å². The van der Waals surface area contributed by atoms with Crippen LogP contribution in [0.4, 0.5) is 0 Å². The van der Waals surface area contributed by atoms with Crippen molar-refractivity contribution in [3.8, 4) is 0 Å². The highest BCUT2D eigenvalue weighted by Gasteiger charge is 2.58. The molecule has 0 aliphatic heterocycles. The van der Waals surface area contributed by atoms with Gasteiger partial charge in [-0.1, -0.05) is 25.5 Å². The molecule has 1 heterocycles. The molecule has 1 aromatic heterocycles. The van der Waals surface area contributed by atoms with Gasteiger partial charge in [0.25, 0.3) is 0 Å². The number of carbonyl (C=O) groups excluding carboxylic acids is 2. The maximum atomic E-state index is 12.5. The van der Waals surface area contributed by atoms with Crippen LogP contribution in [0, 0.1) is 28.6 Å². The topological polar surface area (TPSA) is 56.5 Å². The number of furan rings is 1. The van der Waals surface area contributed by atoms with Crippen molar-refractivity contribution in [2.75, 3.05) is 0 Å². The molecule has 4 nitrogen and oxygen atoms in total. The summed E-state index contributed by atoms with van der Waals surface area (Å²) in [5.74, 6) is 2.29. The Balaban J connectivity index is 1.34. The van der Waals surface area contributed by atoms with Gasteiger partial charge < -0.3 is 9.15 Å². The SMILES string of the molecule is C[C@]12CC[C@H](OC(=O)c3ccco3)CC1=CC[C@@H]1[C@@H]2CC[C@]2(C)C(=O)CC[C@@H]12. The number of carbonyl (C=O) groups is 2.